The number of piperidine rings is 1. The molecule has 3 aliphatic rings. The van der Waals surface area contributed by atoms with E-state index in [1.807, 2.05) is 0 Å². The van der Waals surface area contributed by atoms with Gasteiger partial charge in [0.2, 0.25) is 0 Å². The van der Waals surface area contributed by atoms with E-state index in [9.17, 15) is 0 Å². The fraction of sp³-hybridized carbons (Fsp3) is 0.750. The van der Waals surface area contributed by atoms with E-state index in [4.69, 9.17) is 4.98 Å². The van der Waals surface area contributed by atoms with Gasteiger partial charge in [0.1, 0.15) is 9.53 Å². The second kappa shape index (κ2) is 3.45. The Hall–Kier alpha value is -0.100. The first kappa shape index (κ1) is 9.88. The largest absolute Gasteiger partial charge is 0.333 e. The van der Waals surface area contributed by atoms with Crippen molar-refractivity contribution in [1.29, 1.82) is 0 Å². The van der Waals surface area contributed by atoms with Crippen molar-refractivity contribution >= 4 is 22.6 Å². The third-order valence-electron chi connectivity index (χ3n) is 4.32. The summed E-state index contributed by atoms with van der Waals surface area (Å²) in [6.45, 7) is 3.64. The molecule has 3 nitrogen and oxygen atoms in total. The van der Waals surface area contributed by atoms with Gasteiger partial charge >= 0.3 is 0 Å². The van der Waals surface area contributed by atoms with Crippen LogP contribution in [0.2, 0.25) is 0 Å². The third-order valence-corrected chi connectivity index (χ3v) is 4.84. The van der Waals surface area contributed by atoms with Gasteiger partial charge < -0.3 is 9.88 Å². The van der Waals surface area contributed by atoms with Gasteiger partial charge in [0.25, 0.3) is 0 Å². The van der Waals surface area contributed by atoms with Crippen molar-refractivity contribution in [2.45, 2.75) is 25.3 Å². The minimum Gasteiger partial charge on any atom is -0.333 e. The van der Waals surface area contributed by atoms with Crippen LogP contribution in [0.1, 0.15) is 24.6 Å². The smallest absolute Gasteiger partial charge is 0.119 e. The molecular formula is C12H16IN3. The number of hydrogen-bond acceptors (Lipinski definition) is 2. The summed E-state index contributed by atoms with van der Waals surface area (Å²) < 4.78 is 3.62. The average Bonchev–Trinajstić information content (AvgIpc) is 3.11. The van der Waals surface area contributed by atoms with E-state index in [0.29, 0.717) is 0 Å². The lowest BCUT2D eigenvalue weighted by Crippen LogP contribution is -2.16. The lowest BCUT2D eigenvalue weighted by Gasteiger charge is -2.08. The van der Waals surface area contributed by atoms with Gasteiger partial charge in [-0.2, -0.15) is 0 Å². The highest BCUT2D eigenvalue weighted by Crippen LogP contribution is 2.55. The Bertz CT molecular complexity index is 414. The van der Waals surface area contributed by atoms with E-state index in [-0.39, 0.29) is 0 Å². The van der Waals surface area contributed by atoms with Gasteiger partial charge in [0.05, 0.1) is 0 Å². The Labute approximate surface area is 109 Å². The molecule has 1 aromatic heterocycles. The number of nitrogens with one attached hydrogen (secondary N) is 1. The van der Waals surface area contributed by atoms with Crippen molar-refractivity contribution in [3.05, 3.63) is 15.7 Å². The van der Waals surface area contributed by atoms with Crippen molar-refractivity contribution < 1.29 is 0 Å². The fourth-order valence-corrected chi connectivity index (χ4v) is 3.77. The molecule has 0 unspecified atom stereocenters. The summed E-state index contributed by atoms with van der Waals surface area (Å²) in [6, 6.07) is 0. The van der Waals surface area contributed by atoms with Crippen LogP contribution in [0.4, 0.5) is 0 Å². The summed E-state index contributed by atoms with van der Waals surface area (Å²) in [6.07, 6.45) is 5.09. The van der Waals surface area contributed by atoms with Crippen LogP contribution in [0.15, 0.2) is 6.20 Å². The quantitative estimate of drug-likeness (QED) is 0.858. The number of rotatable bonds is 3. The minimum absolute atomic E-state index is 0.767. The van der Waals surface area contributed by atoms with Crippen LogP contribution >= 0.6 is 22.6 Å². The van der Waals surface area contributed by atoms with E-state index >= 15 is 0 Å². The van der Waals surface area contributed by atoms with Gasteiger partial charge in [-0.15, -0.1) is 0 Å². The molecule has 86 valence electrons. The standard InChI is InChI=1S/C12H16IN3/c13-10-6-16(5-7-1-2-7)12(15-10)11-8-3-14-4-9(8)11/h6-9,11,14H,1-5H2/t8-,9+,11+. The normalized spacial score (nSPS) is 36.4. The lowest BCUT2D eigenvalue weighted by atomic mass is 10.2. The van der Waals surface area contributed by atoms with Crippen molar-refractivity contribution in [2.24, 2.45) is 17.8 Å². The molecule has 2 saturated carbocycles. The van der Waals surface area contributed by atoms with E-state index < -0.39 is 0 Å². The molecule has 2 heterocycles. The summed E-state index contributed by atoms with van der Waals surface area (Å²) in [7, 11) is 0. The van der Waals surface area contributed by atoms with Gasteiger partial charge in [-0.05, 0) is 66.3 Å². The van der Waals surface area contributed by atoms with Crippen molar-refractivity contribution in [1.82, 2.24) is 14.9 Å². The molecule has 2 aliphatic carbocycles. The number of nitrogens with zero attached hydrogens (tertiary/aromatic N) is 2. The Morgan fingerprint density at radius 1 is 1.38 bits per heavy atom. The van der Waals surface area contributed by atoms with Gasteiger partial charge in [-0.3, -0.25) is 0 Å². The van der Waals surface area contributed by atoms with Gasteiger partial charge in [-0.1, -0.05) is 0 Å². The maximum Gasteiger partial charge on any atom is 0.119 e. The molecule has 3 fully saturated rings. The molecular weight excluding hydrogens is 313 g/mol. The molecule has 16 heavy (non-hydrogen) atoms. The monoisotopic (exact) mass is 329 g/mol. The first-order valence-corrected chi connectivity index (χ1v) is 7.34. The fourth-order valence-electron chi connectivity index (χ4n) is 3.19. The lowest BCUT2D eigenvalue weighted by molar-refractivity contribution is 0.568. The van der Waals surface area contributed by atoms with Crippen LogP contribution in [0.25, 0.3) is 0 Å². The summed E-state index contributed by atoms with van der Waals surface area (Å²) in [5.74, 6) is 4.86. The van der Waals surface area contributed by atoms with E-state index in [1.165, 1.54) is 42.0 Å². The predicted octanol–water partition coefficient (Wildman–Crippen LogP) is 1.83. The highest BCUT2D eigenvalue weighted by atomic mass is 127. The van der Waals surface area contributed by atoms with Crippen molar-refractivity contribution in [3.63, 3.8) is 0 Å². The van der Waals surface area contributed by atoms with E-state index in [1.54, 1.807) is 0 Å². The zero-order valence-corrected chi connectivity index (χ0v) is 11.4. The Morgan fingerprint density at radius 3 is 2.81 bits per heavy atom. The molecule has 4 heteroatoms. The molecule has 1 aliphatic heterocycles. The second-order valence-corrected chi connectivity index (χ2v) is 6.63. The molecule has 3 atom stereocenters. The van der Waals surface area contributed by atoms with Gasteiger partial charge in [0, 0.05) is 18.7 Å². The molecule has 1 N–H and O–H groups in total. The molecule has 1 aromatic rings. The first-order valence-electron chi connectivity index (χ1n) is 6.26. The highest BCUT2D eigenvalue weighted by Gasteiger charge is 2.55. The van der Waals surface area contributed by atoms with Crippen LogP contribution in [-0.4, -0.2) is 22.6 Å². The predicted molar refractivity (Wildman–Crippen MR) is 70.3 cm³/mol. The number of halogens is 1. The molecule has 0 spiro atoms. The molecule has 0 radical (unpaired) electrons. The molecule has 4 rings (SSSR count). The number of aromatic nitrogens is 2. The second-order valence-electron chi connectivity index (χ2n) is 5.53. The average molecular weight is 329 g/mol. The van der Waals surface area contributed by atoms with Crippen LogP contribution in [0, 0.1) is 21.5 Å². The summed E-state index contributed by atoms with van der Waals surface area (Å²) >= 11 is 2.35. The van der Waals surface area contributed by atoms with Gasteiger partial charge in [-0.25, -0.2) is 4.98 Å². The number of imidazole rings is 1. The van der Waals surface area contributed by atoms with E-state index in [0.717, 1.165) is 23.7 Å². The number of fused-ring (bicyclic) bond motifs is 1. The van der Waals surface area contributed by atoms with Crippen LogP contribution in [0.5, 0.6) is 0 Å². The Kier molecular flexibility index (Phi) is 2.13. The highest BCUT2D eigenvalue weighted by molar-refractivity contribution is 14.1. The van der Waals surface area contributed by atoms with Crippen LogP contribution in [0.3, 0.4) is 0 Å². The maximum atomic E-state index is 4.76. The first-order chi connectivity index (χ1) is 7.83. The zero-order valence-electron chi connectivity index (χ0n) is 9.19. The van der Waals surface area contributed by atoms with Crippen LogP contribution in [-0.2, 0) is 6.54 Å². The molecule has 0 amide bonds. The topological polar surface area (TPSA) is 29.9 Å². The van der Waals surface area contributed by atoms with E-state index in [2.05, 4.69) is 38.7 Å². The molecule has 1 saturated heterocycles. The third kappa shape index (κ3) is 1.53. The Morgan fingerprint density at radius 2 is 2.12 bits per heavy atom. The molecule has 0 bridgehead atoms. The summed E-state index contributed by atoms with van der Waals surface area (Å²) in [5, 5.41) is 3.46. The summed E-state index contributed by atoms with van der Waals surface area (Å²) in [5.41, 5.74) is 0. The summed E-state index contributed by atoms with van der Waals surface area (Å²) in [4.78, 5) is 4.76. The van der Waals surface area contributed by atoms with Crippen LogP contribution < -0.4 is 5.32 Å². The number of hydrogen-bond donors (Lipinski definition) is 1. The van der Waals surface area contributed by atoms with Gasteiger partial charge in [0.15, 0.2) is 0 Å². The maximum absolute atomic E-state index is 4.76. The molecule has 0 aromatic carbocycles. The SMILES string of the molecule is Ic1cn(CC2CC2)c([C@H]2[C@@H]3CNC[C@@H]32)n1. The zero-order chi connectivity index (χ0) is 10.7. The Balaban J connectivity index is 1.61. The minimum atomic E-state index is 0.767. The van der Waals surface area contributed by atoms with Crippen molar-refractivity contribution in [3.8, 4) is 0 Å². The van der Waals surface area contributed by atoms with Crippen molar-refractivity contribution in [2.75, 3.05) is 13.1 Å².